The van der Waals surface area contributed by atoms with Crippen molar-refractivity contribution in [1.82, 2.24) is 4.90 Å². The van der Waals surface area contributed by atoms with Gasteiger partial charge in [-0.2, -0.15) is 13.2 Å². The van der Waals surface area contributed by atoms with Crippen LogP contribution in [0.3, 0.4) is 0 Å². The molecule has 2 aliphatic heterocycles. The third-order valence-electron chi connectivity index (χ3n) is 3.47. The molecule has 1 saturated heterocycles. The number of hydrogen-bond acceptors (Lipinski definition) is 7. The van der Waals surface area contributed by atoms with Crippen LogP contribution in [0, 0.1) is 0 Å². The van der Waals surface area contributed by atoms with Gasteiger partial charge in [-0.25, -0.2) is 4.39 Å². The molecule has 0 aromatic rings. The number of aliphatic hydroxyl groups excluding tert-OH is 2. The quantitative estimate of drug-likeness (QED) is 0.705. The maximum atomic E-state index is 13.1. The summed E-state index contributed by atoms with van der Waals surface area (Å²) in [6.07, 6.45) is -12.7. The first-order valence-corrected chi connectivity index (χ1v) is 7.72. The topological polar surface area (TPSA) is 74.5 Å². The zero-order chi connectivity index (χ0) is 17.4. The summed E-state index contributed by atoms with van der Waals surface area (Å²) < 4.78 is 61.3. The summed E-state index contributed by atoms with van der Waals surface area (Å²) in [5, 5.41) is 20.6. The Kier molecular flexibility index (Phi) is 5.77. The molecule has 23 heavy (non-hydrogen) atoms. The zero-order valence-electron chi connectivity index (χ0n) is 12.4. The van der Waals surface area contributed by atoms with Crippen molar-refractivity contribution >= 4 is 16.9 Å². The van der Waals surface area contributed by atoms with Gasteiger partial charge in [-0.3, -0.25) is 4.99 Å². The Hall–Kier alpha value is -0.620. The molecule has 0 amide bonds. The number of halogens is 4. The molecule has 0 bridgehead atoms. The van der Waals surface area contributed by atoms with Crippen molar-refractivity contribution in [3.05, 3.63) is 0 Å². The fraction of sp³-hybridized carbons (Fsp3) is 0.917. The second-order valence-electron chi connectivity index (χ2n) is 5.39. The second kappa shape index (κ2) is 7.09. The normalized spacial score (nSPS) is 35.7. The van der Waals surface area contributed by atoms with Gasteiger partial charge >= 0.3 is 6.18 Å². The van der Waals surface area contributed by atoms with E-state index in [1.807, 2.05) is 0 Å². The SMILES string of the molecule is CN(C)C1=N[C@@H]2[C@@H](O)[C@H](O)C([C@H](OCCF)C(F)(F)F)O[C@@H]2S1. The number of aliphatic hydroxyl groups is 2. The standard InChI is InChI=1S/C12H18F4N2O4S/c1-18(2)11-17-5-6(19)7(20)8(22-10(5)23-11)9(12(14,15)16)21-4-3-13/h5-10,19-20H,3-4H2,1-2H3/t5-,6-,7+,8?,9+,10-/m1/s1. The van der Waals surface area contributed by atoms with E-state index in [9.17, 15) is 27.8 Å². The molecule has 6 nitrogen and oxygen atoms in total. The van der Waals surface area contributed by atoms with Crippen LogP contribution < -0.4 is 0 Å². The van der Waals surface area contributed by atoms with E-state index < -0.39 is 55.4 Å². The number of alkyl halides is 4. The van der Waals surface area contributed by atoms with Crippen LogP contribution >= 0.6 is 11.8 Å². The highest BCUT2D eigenvalue weighted by molar-refractivity contribution is 8.14. The Morgan fingerprint density at radius 2 is 2.00 bits per heavy atom. The number of ether oxygens (including phenoxy) is 2. The van der Waals surface area contributed by atoms with Gasteiger partial charge in [0, 0.05) is 14.1 Å². The summed E-state index contributed by atoms with van der Waals surface area (Å²) in [4.78, 5) is 5.77. The number of amidine groups is 1. The lowest BCUT2D eigenvalue weighted by Gasteiger charge is -2.41. The van der Waals surface area contributed by atoms with Crippen molar-refractivity contribution in [3.8, 4) is 0 Å². The molecule has 0 aliphatic carbocycles. The van der Waals surface area contributed by atoms with E-state index in [0.29, 0.717) is 5.17 Å². The third-order valence-corrected chi connectivity index (χ3v) is 4.77. The van der Waals surface area contributed by atoms with Gasteiger partial charge in [0.1, 0.15) is 36.5 Å². The lowest BCUT2D eigenvalue weighted by Crippen LogP contribution is -2.61. The fourth-order valence-corrected chi connectivity index (χ4v) is 3.53. The highest BCUT2D eigenvalue weighted by Gasteiger charge is 2.57. The first kappa shape index (κ1) is 18.7. The van der Waals surface area contributed by atoms with Crippen molar-refractivity contribution in [2.45, 2.75) is 42.1 Å². The lowest BCUT2D eigenvalue weighted by atomic mass is 9.94. The van der Waals surface area contributed by atoms with E-state index in [0.717, 1.165) is 11.8 Å². The summed E-state index contributed by atoms with van der Waals surface area (Å²) in [7, 11) is 3.37. The number of nitrogens with zero attached hydrogens (tertiary/aromatic N) is 2. The van der Waals surface area contributed by atoms with Crippen LogP contribution in [0.1, 0.15) is 0 Å². The predicted molar refractivity (Wildman–Crippen MR) is 74.9 cm³/mol. The number of rotatable bonds is 4. The maximum Gasteiger partial charge on any atom is 0.417 e. The van der Waals surface area contributed by atoms with Gasteiger partial charge in [0.2, 0.25) is 0 Å². The molecule has 11 heteroatoms. The molecule has 134 valence electrons. The fourth-order valence-electron chi connectivity index (χ4n) is 2.39. The first-order chi connectivity index (χ1) is 10.7. The minimum atomic E-state index is -4.87. The molecule has 0 aromatic heterocycles. The Labute approximate surface area is 134 Å². The molecule has 1 fully saturated rings. The third kappa shape index (κ3) is 3.90. The molecule has 6 atom stereocenters. The predicted octanol–water partition coefficient (Wildman–Crippen LogP) is 0.383. The summed E-state index contributed by atoms with van der Waals surface area (Å²) in [6, 6.07) is -0.876. The largest absolute Gasteiger partial charge is 0.417 e. The molecule has 2 heterocycles. The molecule has 2 aliphatic rings. The average molecular weight is 362 g/mol. The van der Waals surface area contributed by atoms with Crippen LogP contribution in [-0.2, 0) is 9.47 Å². The first-order valence-electron chi connectivity index (χ1n) is 6.84. The molecular formula is C12H18F4N2O4S. The Morgan fingerprint density at radius 3 is 2.52 bits per heavy atom. The number of thioether (sulfide) groups is 1. The average Bonchev–Trinajstić information content (AvgIpc) is 2.87. The Balaban J connectivity index is 2.18. The van der Waals surface area contributed by atoms with Gasteiger partial charge in [-0.05, 0) is 0 Å². The van der Waals surface area contributed by atoms with Gasteiger partial charge in [0.25, 0.3) is 0 Å². The zero-order valence-corrected chi connectivity index (χ0v) is 13.2. The highest BCUT2D eigenvalue weighted by atomic mass is 32.2. The van der Waals surface area contributed by atoms with Crippen molar-refractivity contribution in [1.29, 1.82) is 0 Å². The maximum absolute atomic E-state index is 13.1. The van der Waals surface area contributed by atoms with Crippen LogP contribution in [0.15, 0.2) is 4.99 Å². The highest BCUT2D eigenvalue weighted by Crippen LogP contribution is 2.40. The summed E-state index contributed by atoms with van der Waals surface area (Å²) in [5.74, 6) is 0. The minimum absolute atomic E-state index is 0.472. The molecule has 0 spiro atoms. The van der Waals surface area contributed by atoms with E-state index in [4.69, 9.17) is 4.74 Å². The van der Waals surface area contributed by atoms with E-state index in [-0.39, 0.29) is 0 Å². The molecule has 2 N–H and O–H groups in total. The van der Waals surface area contributed by atoms with Crippen molar-refractivity contribution in [2.75, 3.05) is 27.4 Å². The molecule has 0 saturated carbocycles. The summed E-state index contributed by atoms with van der Waals surface area (Å²) >= 11 is 1.05. The Morgan fingerprint density at radius 1 is 1.35 bits per heavy atom. The molecular weight excluding hydrogens is 344 g/mol. The van der Waals surface area contributed by atoms with E-state index in [2.05, 4.69) is 9.73 Å². The summed E-state index contributed by atoms with van der Waals surface area (Å²) in [5.41, 5.74) is -0.880. The molecule has 1 unspecified atom stereocenters. The van der Waals surface area contributed by atoms with Crippen LogP contribution in [0.2, 0.25) is 0 Å². The van der Waals surface area contributed by atoms with E-state index in [1.54, 1.807) is 19.0 Å². The van der Waals surface area contributed by atoms with Gasteiger partial charge in [0.15, 0.2) is 11.3 Å². The molecule has 0 radical (unpaired) electrons. The van der Waals surface area contributed by atoms with Gasteiger partial charge in [-0.15, -0.1) is 0 Å². The van der Waals surface area contributed by atoms with E-state index in [1.165, 1.54) is 0 Å². The summed E-state index contributed by atoms with van der Waals surface area (Å²) in [6.45, 7) is -1.89. The Bertz CT molecular complexity index is 451. The smallest absolute Gasteiger partial charge is 0.388 e. The monoisotopic (exact) mass is 362 g/mol. The van der Waals surface area contributed by atoms with Crippen molar-refractivity contribution in [3.63, 3.8) is 0 Å². The molecule has 2 rings (SSSR count). The van der Waals surface area contributed by atoms with Gasteiger partial charge in [-0.1, -0.05) is 11.8 Å². The van der Waals surface area contributed by atoms with Crippen molar-refractivity contribution in [2.24, 2.45) is 4.99 Å². The van der Waals surface area contributed by atoms with E-state index >= 15 is 0 Å². The van der Waals surface area contributed by atoms with Gasteiger partial charge < -0.3 is 24.6 Å². The number of aliphatic imine (C=N–C) groups is 1. The second-order valence-corrected chi connectivity index (χ2v) is 6.45. The molecule has 0 aromatic carbocycles. The van der Waals surface area contributed by atoms with Crippen LogP contribution in [0.25, 0.3) is 0 Å². The van der Waals surface area contributed by atoms with Gasteiger partial charge in [0.05, 0.1) is 6.61 Å². The van der Waals surface area contributed by atoms with Crippen molar-refractivity contribution < 1.29 is 37.2 Å². The number of fused-ring (bicyclic) bond motifs is 1. The lowest BCUT2D eigenvalue weighted by molar-refractivity contribution is -0.284. The van der Waals surface area contributed by atoms with Crippen LogP contribution in [-0.4, -0.2) is 89.7 Å². The minimum Gasteiger partial charge on any atom is -0.388 e. The number of hydrogen-bond donors (Lipinski definition) is 2. The van der Waals surface area contributed by atoms with Crippen LogP contribution in [0.4, 0.5) is 17.6 Å². The van der Waals surface area contributed by atoms with Crippen LogP contribution in [0.5, 0.6) is 0 Å².